The van der Waals surface area contributed by atoms with Crippen molar-refractivity contribution in [1.82, 2.24) is 0 Å². The maximum atomic E-state index is 12.3. The summed E-state index contributed by atoms with van der Waals surface area (Å²) in [6.07, 6.45) is 7.91. The molecule has 0 saturated heterocycles. The molecule has 5 nitrogen and oxygen atoms in total. The highest BCUT2D eigenvalue weighted by molar-refractivity contribution is 5.85. The summed E-state index contributed by atoms with van der Waals surface area (Å²) in [7, 11) is 0. The van der Waals surface area contributed by atoms with E-state index in [4.69, 9.17) is 5.11 Å². The third-order valence-corrected chi connectivity index (χ3v) is 6.00. The van der Waals surface area contributed by atoms with Gasteiger partial charge in [0.15, 0.2) is 0 Å². The average molecular weight is 372 g/mol. The van der Waals surface area contributed by atoms with E-state index in [9.17, 15) is 19.8 Å². The van der Waals surface area contributed by atoms with E-state index < -0.39 is 17.7 Å². The molecule has 0 spiro atoms. The topological polar surface area (TPSA) is 94.8 Å². The number of ketones is 1. The number of carboxylic acid groups (broad SMARTS) is 1. The smallest absolute Gasteiger partial charge is 0.303 e. The Labute approximate surface area is 159 Å². The molecule has 0 radical (unpaired) electrons. The van der Waals surface area contributed by atoms with E-state index in [1.807, 2.05) is 36.4 Å². The van der Waals surface area contributed by atoms with E-state index in [1.54, 1.807) is 0 Å². The quantitative estimate of drug-likeness (QED) is 0.481. The van der Waals surface area contributed by atoms with Gasteiger partial charge in [0.25, 0.3) is 0 Å². The second-order valence-electron chi connectivity index (χ2n) is 7.87. The standard InChI is InChI=1S/C22H28O5/c23-18-14-19(24)21(17(18)6-3-1-2-4-7-20(25)26)15-8-10-16(11-9-15)22(27)12-5-13-22/h1,3,8-11,17,19,21,24,27H,2,4-7,12-14H2,(H,25,26)/b3-1-/t17-,19+,21+/m0/s1. The van der Waals surface area contributed by atoms with Crippen molar-refractivity contribution >= 4 is 11.8 Å². The average Bonchev–Trinajstić information content (AvgIpc) is 2.89. The predicted molar refractivity (Wildman–Crippen MR) is 101 cm³/mol. The number of carboxylic acids is 1. The van der Waals surface area contributed by atoms with Gasteiger partial charge in [-0.2, -0.15) is 0 Å². The molecule has 0 bridgehead atoms. The maximum Gasteiger partial charge on any atom is 0.303 e. The first-order valence-electron chi connectivity index (χ1n) is 9.81. The molecule has 3 N–H and O–H groups in total. The van der Waals surface area contributed by atoms with Gasteiger partial charge in [-0.15, -0.1) is 0 Å². The molecule has 2 aliphatic rings. The van der Waals surface area contributed by atoms with E-state index in [1.165, 1.54) is 0 Å². The van der Waals surface area contributed by atoms with Crippen molar-refractivity contribution in [3.8, 4) is 0 Å². The second-order valence-corrected chi connectivity index (χ2v) is 7.87. The SMILES string of the molecule is O=C(O)CCC/C=C\C[C@H]1C(=O)C[C@@H](O)[C@@H]1c1ccc(C2(O)CCC2)cc1. The van der Waals surface area contributed by atoms with Gasteiger partial charge in [-0.05, 0) is 49.7 Å². The summed E-state index contributed by atoms with van der Waals surface area (Å²) in [6, 6.07) is 7.70. The first-order valence-corrected chi connectivity index (χ1v) is 9.81. The van der Waals surface area contributed by atoms with E-state index in [0.29, 0.717) is 19.3 Å². The lowest BCUT2D eigenvalue weighted by Crippen LogP contribution is -2.33. The number of hydrogen-bond acceptors (Lipinski definition) is 4. The van der Waals surface area contributed by atoms with E-state index in [-0.39, 0.29) is 30.5 Å². The molecule has 3 rings (SSSR count). The molecule has 146 valence electrons. The van der Waals surface area contributed by atoms with Crippen molar-refractivity contribution < 1.29 is 24.9 Å². The number of hydrogen-bond donors (Lipinski definition) is 3. The van der Waals surface area contributed by atoms with Gasteiger partial charge in [-0.25, -0.2) is 0 Å². The first kappa shape index (κ1) is 19.8. The predicted octanol–water partition coefficient (Wildman–Crippen LogP) is 3.29. The number of carbonyl (C=O) groups is 2. The lowest BCUT2D eigenvalue weighted by atomic mass is 9.74. The largest absolute Gasteiger partial charge is 0.481 e. The molecule has 2 aliphatic carbocycles. The molecular weight excluding hydrogens is 344 g/mol. The van der Waals surface area contributed by atoms with E-state index in [2.05, 4.69) is 0 Å². The Balaban J connectivity index is 1.64. The molecule has 0 unspecified atom stereocenters. The Bertz CT molecular complexity index is 702. The Morgan fingerprint density at radius 2 is 1.89 bits per heavy atom. The molecule has 0 amide bonds. The number of aliphatic hydroxyl groups is 2. The first-order chi connectivity index (χ1) is 12.9. The fraction of sp³-hybridized carbons (Fsp3) is 0.545. The van der Waals surface area contributed by atoms with Crippen molar-refractivity contribution in [2.45, 2.75) is 69.0 Å². The number of aliphatic carboxylic acids is 1. The van der Waals surface area contributed by atoms with Crippen LogP contribution in [0.2, 0.25) is 0 Å². The number of allylic oxidation sites excluding steroid dienone is 2. The second kappa shape index (κ2) is 8.36. The normalized spacial score (nSPS) is 27.0. The number of aliphatic hydroxyl groups excluding tert-OH is 1. The van der Waals surface area contributed by atoms with Crippen LogP contribution in [0.4, 0.5) is 0 Å². The number of unbranched alkanes of at least 4 members (excludes halogenated alkanes) is 1. The van der Waals surface area contributed by atoms with Crippen LogP contribution in [0.15, 0.2) is 36.4 Å². The minimum absolute atomic E-state index is 0.0735. The van der Waals surface area contributed by atoms with Gasteiger partial charge >= 0.3 is 5.97 Å². The summed E-state index contributed by atoms with van der Waals surface area (Å²) < 4.78 is 0. The van der Waals surface area contributed by atoms with Crippen LogP contribution in [0.5, 0.6) is 0 Å². The van der Waals surface area contributed by atoms with Crippen LogP contribution in [0.1, 0.15) is 68.4 Å². The summed E-state index contributed by atoms with van der Waals surface area (Å²) in [6.45, 7) is 0. The summed E-state index contributed by atoms with van der Waals surface area (Å²) in [4.78, 5) is 22.9. The van der Waals surface area contributed by atoms with E-state index in [0.717, 1.165) is 30.4 Å². The van der Waals surface area contributed by atoms with Crippen LogP contribution in [0, 0.1) is 5.92 Å². The minimum Gasteiger partial charge on any atom is -0.481 e. The summed E-state index contributed by atoms with van der Waals surface area (Å²) in [5.41, 5.74) is 1.14. The summed E-state index contributed by atoms with van der Waals surface area (Å²) in [5, 5.41) is 29.5. The van der Waals surface area contributed by atoms with Crippen LogP contribution in [-0.2, 0) is 15.2 Å². The zero-order chi connectivity index (χ0) is 19.4. The molecule has 5 heteroatoms. The van der Waals surface area contributed by atoms with Gasteiger partial charge in [-0.3, -0.25) is 9.59 Å². The Kier molecular flexibility index (Phi) is 6.12. The summed E-state index contributed by atoms with van der Waals surface area (Å²) in [5.74, 6) is -1.21. The maximum absolute atomic E-state index is 12.3. The Morgan fingerprint density at radius 3 is 2.48 bits per heavy atom. The monoisotopic (exact) mass is 372 g/mol. The van der Waals surface area contributed by atoms with Gasteiger partial charge in [0.1, 0.15) is 5.78 Å². The summed E-state index contributed by atoms with van der Waals surface area (Å²) >= 11 is 0. The van der Waals surface area contributed by atoms with Crippen LogP contribution in [-0.4, -0.2) is 33.2 Å². The Hall–Kier alpha value is -1.98. The fourth-order valence-corrected chi connectivity index (χ4v) is 4.23. The molecule has 0 aromatic heterocycles. The van der Waals surface area contributed by atoms with E-state index >= 15 is 0 Å². The van der Waals surface area contributed by atoms with Crippen molar-refractivity contribution in [2.75, 3.05) is 0 Å². The molecule has 0 heterocycles. The highest BCUT2D eigenvalue weighted by Gasteiger charge is 2.42. The van der Waals surface area contributed by atoms with Crippen molar-refractivity contribution in [1.29, 1.82) is 0 Å². The van der Waals surface area contributed by atoms with Gasteiger partial charge in [0.05, 0.1) is 11.7 Å². The van der Waals surface area contributed by atoms with Crippen LogP contribution in [0.25, 0.3) is 0 Å². The minimum atomic E-state index is -0.799. The highest BCUT2D eigenvalue weighted by atomic mass is 16.4. The molecule has 3 atom stereocenters. The highest BCUT2D eigenvalue weighted by Crippen LogP contribution is 2.43. The zero-order valence-corrected chi connectivity index (χ0v) is 15.5. The molecule has 1 aromatic carbocycles. The number of Topliss-reactive ketones (excluding diaryl/α,β-unsaturated/α-hetero) is 1. The number of carbonyl (C=O) groups excluding carboxylic acids is 1. The van der Waals surface area contributed by atoms with Crippen molar-refractivity contribution in [3.63, 3.8) is 0 Å². The number of benzene rings is 1. The van der Waals surface area contributed by atoms with Gasteiger partial charge in [-0.1, -0.05) is 36.4 Å². The van der Waals surface area contributed by atoms with Crippen molar-refractivity contribution in [3.05, 3.63) is 47.5 Å². The van der Waals surface area contributed by atoms with Gasteiger partial charge in [0.2, 0.25) is 0 Å². The van der Waals surface area contributed by atoms with Crippen molar-refractivity contribution in [2.24, 2.45) is 5.92 Å². The fourth-order valence-electron chi connectivity index (χ4n) is 4.23. The molecule has 2 fully saturated rings. The van der Waals surface area contributed by atoms with Gasteiger partial charge in [0, 0.05) is 24.7 Å². The van der Waals surface area contributed by atoms with Crippen LogP contribution in [0.3, 0.4) is 0 Å². The third-order valence-electron chi connectivity index (χ3n) is 6.00. The lowest BCUT2D eigenvalue weighted by Gasteiger charge is -2.37. The molecule has 2 saturated carbocycles. The molecular formula is C22H28O5. The number of rotatable bonds is 8. The Morgan fingerprint density at radius 1 is 1.19 bits per heavy atom. The van der Waals surface area contributed by atoms with Crippen LogP contribution >= 0.6 is 0 Å². The van der Waals surface area contributed by atoms with Crippen LogP contribution < -0.4 is 0 Å². The lowest BCUT2D eigenvalue weighted by molar-refractivity contribution is -0.137. The van der Waals surface area contributed by atoms with Gasteiger partial charge < -0.3 is 15.3 Å². The molecule has 0 aliphatic heterocycles. The third kappa shape index (κ3) is 4.47. The molecule has 1 aromatic rings. The zero-order valence-electron chi connectivity index (χ0n) is 15.5. The molecule has 27 heavy (non-hydrogen) atoms.